The van der Waals surface area contributed by atoms with E-state index >= 15 is 0 Å². The lowest BCUT2D eigenvalue weighted by Crippen LogP contribution is -2.38. The molecule has 1 aromatic rings. The number of nitrogen functional groups attached to an aromatic ring is 1. The third-order valence-corrected chi connectivity index (χ3v) is 2.53. The lowest BCUT2D eigenvalue weighted by molar-refractivity contribution is 0.208. The standard InChI is InChI=1S/C12H16N4O/c1-9(7-8-13)16(2)12(17)15-11-5-3-10(14)4-6-11/h3-6,9H,7,14H2,1-2H3,(H,15,17). The number of amides is 2. The van der Waals surface area contributed by atoms with Gasteiger partial charge in [-0.3, -0.25) is 0 Å². The first-order valence-corrected chi connectivity index (χ1v) is 5.31. The van der Waals surface area contributed by atoms with E-state index in [2.05, 4.69) is 5.32 Å². The van der Waals surface area contributed by atoms with Crippen LogP contribution in [-0.4, -0.2) is 24.0 Å². The fraction of sp³-hybridized carbons (Fsp3) is 0.333. The maximum absolute atomic E-state index is 11.8. The summed E-state index contributed by atoms with van der Waals surface area (Å²) in [5.74, 6) is 0. The van der Waals surface area contributed by atoms with E-state index in [1.54, 1.807) is 31.3 Å². The number of benzene rings is 1. The van der Waals surface area contributed by atoms with Crippen molar-refractivity contribution in [3.63, 3.8) is 0 Å². The van der Waals surface area contributed by atoms with Crippen molar-refractivity contribution in [1.82, 2.24) is 4.90 Å². The SMILES string of the molecule is CC(CC#N)N(C)C(=O)Nc1ccc(N)cc1. The number of hydrogen-bond acceptors (Lipinski definition) is 3. The maximum atomic E-state index is 11.8. The minimum Gasteiger partial charge on any atom is -0.399 e. The predicted octanol–water partition coefficient (Wildman–Crippen LogP) is 2.03. The van der Waals surface area contributed by atoms with Crippen molar-refractivity contribution < 1.29 is 4.79 Å². The number of hydrogen-bond donors (Lipinski definition) is 2. The second-order valence-corrected chi connectivity index (χ2v) is 3.87. The summed E-state index contributed by atoms with van der Waals surface area (Å²) in [5.41, 5.74) is 6.87. The summed E-state index contributed by atoms with van der Waals surface area (Å²) in [7, 11) is 1.66. The van der Waals surface area contributed by atoms with Gasteiger partial charge in [-0.2, -0.15) is 5.26 Å². The van der Waals surface area contributed by atoms with E-state index in [1.165, 1.54) is 4.90 Å². The van der Waals surface area contributed by atoms with Gasteiger partial charge in [0.25, 0.3) is 0 Å². The number of nitrogens with two attached hydrogens (primary N) is 1. The highest BCUT2D eigenvalue weighted by Gasteiger charge is 2.15. The number of urea groups is 1. The quantitative estimate of drug-likeness (QED) is 0.782. The van der Waals surface area contributed by atoms with E-state index < -0.39 is 0 Å². The summed E-state index contributed by atoms with van der Waals surface area (Å²) in [5, 5.41) is 11.3. The number of anilines is 2. The Morgan fingerprint density at radius 2 is 2.12 bits per heavy atom. The van der Waals surface area contributed by atoms with E-state index in [1.807, 2.05) is 13.0 Å². The number of carbonyl (C=O) groups excluding carboxylic acids is 1. The Labute approximate surface area is 101 Å². The Balaban J connectivity index is 2.60. The Bertz CT molecular complexity index is 421. The molecule has 5 nitrogen and oxygen atoms in total. The largest absolute Gasteiger partial charge is 0.399 e. The first-order valence-electron chi connectivity index (χ1n) is 5.31. The lowest BCUT2D eigenvalue weighted by atomic mass is 10.2. The molecule has 1 unspecified atom stereocenters. The van der Waals surface area contributed by atoms with Gasteiger partial charge in [0.2, 0.25) is 0 Å². The van der Waals surface area contributed by atoms with Gasteiger partial charge < -0.3 is 16.0 Å². The van der Waals surface area contributed by atoms with Crippen LogP contribution in [0.25, 0.3) is 0 Å². The molecule has 5 heteroatoms. The molecule has 90 valence electrons. The van der Waals surface area contributed by atoms with Crippen LogP contribution in [0.4, 0.5) is 16.2 Å². The molecule has 0 aliphatic rings. The number of nitrogens with zero attached hydrogens (tertiary/aromatic N) is 2. The zero-order chi connectivity index (χ0) is 12.8. The second kappa shape index (κ2) is 5.75. The topological polar surface area (TPSA) is 82.2 Å². The van der Waals surface area contributed by atoms with Gasteiger partial charge in [-0.05, 0) is 31.2 Å². The summed E-state index contributed by atoms with van der Waals surface area (Å²) < 4.78 is 0. The van der Waals surface area contributed by atoms with Crippen LogP contribution < -0.4 is 11.1 Å². The molecule has 0 aliphatic carbocycles. The first kappa shape index (κ1) is 12.8. The number of carbonyl (C=O) groups is 1. The van der Waals surface area contributed by atoms with Crippen LogP contribution >= 0.6 is 0 Å². The average molecular weight is 232 g/mol. The molecule has 1 atom stereocenters. The van der Waals surface area contributed by atoms with Gasteiger partial charge in [0.05, 0.1) is 12.5 Å². The van der Waals surface area contributed by atoms with Gasteiger partial charge in [-0.25, -0.2) is 4.79 Å². The van der Waals surface area contributed by atoms with E-state index in [0.29, 0.717) is 17.8 Å². The molecule has 0 saturated heterocycles. The van der Waals surface area contributed by atoms with Crippen LogP contribution in [0.15, 0.2) is 24.3 Å². The van der Waals surface area contributed by atoms with E-state index in [0.717, 1.165) is 0 Å². The summed E-state index contributed by atoms with van der Waals surface area (Å²) in [6, 6.07) is 8.58. The van der Waals surface area contributed by atoms with Gasteiger partial charge >= 0.3 is 6.03 Å². The molecule has 0 bridgehead atoms. The molecule has 1 aromatic carbocycles. The van der Waals surface area contributed by atoms with Crippen molar-refractivity contribution >= 4 is 17.4 Å². The van der Waals surface area contributed by atoms with Crippen LogP contribution in [-0.2, 0) is 0 Å². The average Bonchev–Trinajstić information content (AvgIpc) is 2.31. The van der Waals surface area contributed by atoms with Gasteiger partial charge in [-0.1, -0.05) is 0 Å². The van der Waals surface area contributed by atoms with Crippen LogP contribution in [0.2, 0.25) is 0 Å². The van der Waals surface area contributed by atoms with Gasteiger partial charge in [-0.15, -0.1) is 0 Å². The monoisotopic (exact) mass is 232 g/mol. The molecule has 0 spiro atoms. The molecular formula is C12H16N4O. The molecule has 17 heavy (non-hydrogen) atoms. The minimum absolute atomic E-state index is 0.117. The van der Waals surface area contributed by atoms with E-state index in [4.69, 9.17) is 11.0 Å². The van der Waals surface area contributed by atoms with Crippen LogP contribution in [0.1, 0.15) is 13.3 Å². The van der Waals surface area contributed by atoms with E-state index in [9.17, 15) is 4.79 Å². The molecule has 0 saturated carbocycles. The number of nitriles is 1. The summed E-state index contributed by atoms with van der Waals surface area (Å²) in [6.07, 6.45) is 0.311. The molecule has 1 rings (SSSR count). The molecule has 0 fully saturated rings. The predicted molar refractivity (Wildman–Crippen MR) is 67.3 cm³/mol. The highest BCUT2D eigenvalue weighted by atomic mass is 16.2. The van der Waals surface area contributed by atoms with Gasteiger partial charge in [0, 0.05) is 24.5 Å². The van der Waals surface area contributed by atoms with Crippen LogP contribution in [0.5, 0.6) is 0 Å². The summed E-state index contributed by atoms with van der Waals surface area (Å²) in [4.78, 5) is 13.3. The number of nitrogens with one attached hydrogen (secondary N) is 1. The summed E-state index contributed by atoms with van der Waals surface area (Å²) >= 11 is 0. The Morgan fingerprint density at radius 1 is 1.53 bits per heavy atom. The van der Waals surface area contributed by atoms with Gasteiger partial charge in [0.15, 0.2) is 0 Å². The van der Waals surface area contributed by atoms with Crippen LogP contribution in [0.3, 0.4) is 0 Å². The van der Waals surface area contributed by atoms with Crippen molar-refractivity contribution in [1.29, 1.82) is 5.26 Å². The Hall–Kier alpha value is -2.22. The van der Waals surface area contributed by atoms with Crippen molar-refractivity contribution in [3.05, 3.63) is 24.3 Å². The van der Waals surface area contributed by atoms with E-state index in [-0.39, 0.29) is 12.1 Å². The Kier molecular flexibility index (Phi) is 4.35. The lowest BCUT2D eigenvalue weighted by Gasteiger charge is -2.23. The highest BCUT2D eigenvalue weighted by molar-refractivity contribution is 5.89. The number of rotatable bonds is 3. The smallest absolute Gasteiger partial charge is 0.321 e. The zero-order valence-corrected chi connectivity index (χ0v) is 9.97. The fourth-order valence-electron chi connectivity index (χ4n) is 1.25. The van der Waals surface area contributed by atoms with Crippen molar-refractivity contribution in [2.24, 2.45) is 0 Å². The molecule has 2 amide bonds. The molecule has 0 radical (unpaired) electrons. The third kappa shape index (κ3) is 3.68. The second-order valence-electron chi connectivity index (χ2n) is 3.87. The molecular weight excluding hydrogens is 216 g/mol. The highest BCUT2D eigenvalue weighted by Crippen LogP contribution is 2.12. The molecule has 0 aliphatic heterocycles. The van der Waals surface area contributed by atoms with Crippen molar-refractivity contribution in [2.75, 3.05) is 18.1 Å². The molecule has 0 heterocycles. The fourth-order valence-corrected chi connectivity index (χ4v) is 1.25. The normalized spacial score (nSPS) is 11.4. The third-order valence-electron chi connectivity index (χ3n) is 2.53. The van der Waals surface area contributed by atoms with Crippen molar-refractivity contribution in [3.8, 4) is 6.07 Å². The molecule has 0 aromatic heterocycles. The Morgan fingerprint density at radius 3 is 2.65 bits per heavy atom. The first-order chi connectivity index (χ1) is 8.04. The van der Waals surface area contributed by atoms with Gasteiger partial charge in [0.1, 0.15) is 0 Å². The zero-order valence-electron chi connectivity index (χ0n) is 9.97. The maximum Gasteiger partial charge on any atom is 0.321 e. The summed E-state index contributed by atoms with van der Waals surface area (Å²) in [6.45, 7) is 1.83. The molecule has 3 N–H and O–H groups in total. The van der Waals surface area contributed by atoms with Crippen LogP contribution in [0, 0.1) is 11.3 Å². The van der Waals surface area contributed by atoms with Crippen molar-refractivity contribution in [2.45, 2.75) is 19.4 Å². The minimum atomic E-state index is -0.238.